The minimum absolute atomic E-state index is 0.0791. The summed E-state index contributed by atoms with van der Waals surface area (Å²) in [6.07, 6.45) is 3.10. The van der Waals surface area contributed by atoms with Crippen molar-refractivity contribution < 1.29 is 9.53 Å². The number of amides is 1. The number of piperidine rings is 1. The number of H-pyrrole nitrogens is 1. The first-order chi connectivity index (χ1) is 19.2. The highest BCUT2D eigenvalue weighted by Crippen LogP contribution is 2.32. The Bertz CT molecular complexity index is 1400. The normalized spacial score (nSPS) is 14.2. The van der Waals surface area contributed by atoms with E-state index >= 15 is 0 Å². The predicted octanol–water partition coefficient (Wildman–Crippen LogP) is 5.43. The lowest BCUT2D eigenvalue weighted by Crippen LogP contribution is -2.45. The molecule has 2 aromatic carbocycles. The van der Waals surface area contributed by atoms with Gasteiger partial charge in [-0.05, 0) is 82.3 Å². The van der Waals surface area contributed by atoms with E-state index in [1.165, 1.54) is 5.56 Å². The van der Waals surface area contributed by atoms with Crippen molar-refractivity contribution in [1.29, 1.82) is 0 Å². The first kappa shape index (κ1) is 29.7. The predicted molar refractivity (Wildman–Crippen MR) is 163 cm³/mol. The molecule has 214 valence electrons. The minimum atomic E-state index is -0.232. The van der Waals surface area contributed by atoms with E-state index in [4.69, 9.17) is 16.3 Å². The van der Waals surface area contributed by atoms with Gasteiger partial charge in [-0.1, -0.05) is 23.7 Å². The Balaban J connectivity index is 1.41. The third-order valence-electron chi connectivity index (χ3n) is 8.00. The van der Waals surface area contributed by atoms with E-state index in [0.29, 0.717) is 22.2 Å². The Labute approximate surface area is 242 Å². The van der Waals surface area contributed by atoms with Gasteiger partial charge in [0.25, 0.3) is 5.91 Å². The van der Waals surface area contributed by atoms with Crippen LogP contribution in [-0.4, -0.2) is 55.1 Å². The molecule has 1 saturated heterocycles. The average Bonchev–Trinajstić information content (AvgIpc) is 2.94. The highest BCUT2D eigenvalue weighted by molar-refractivity contribution is 6.31. The average molecular weight is 565 g/mol. The Hall–Kier alpha value is -3.29. The summed E-state index contributed by atoms with van der Waals surface area (Å²) in [7, 11) is 1.70. The zero-order valence-corrected chi connectivity index (χ0v) is 25.0. The Morgan fingerprint density at radius 1 is 1.15 bits per heavy atom. The third-order valence-corrected chi connectivity index (χ3v) is 8.21. The molecule has 2 heterocycles. The van der Waals surface area contributed by atoms with Gasteiger partial charge in [-0.25, -0.2) is 0 Å². The van der Waals surface area contributed by atoms with E-state index in [0.717, 1.165) is 73.8 Å². The number of anilines is 1. The maximum atomic E-state index is 13.3. The van der Waals surface area contributed by atoms with Crippen molar-refractivity contribution in [3.63, 3.8) is 0 Å². The van der Waals surface area contributed by atoms with Crippen molar-refractivity contribution in [2.45, 2.75) is 59.5 Å². The van der Waals surface area contributed by atoms with E-state index in [9.17, 15) is 9.59 Å². The molecule has 0 unspecified atom stereocenters. The molecule has 40 heavy (non-hydrogen) atoms. The van der Waals surface area contributed by atoms with Gasteiger partial charge in [0.15, 0.2) is 5.43 Å². The molecule has 0 spiro atoms. The van der Waals surface area contributed by atoms with Gasteiger partial charge in [0.1, 0.15) is 5.75 Å². The molecule has 1 fully saturated rings. The number of aromatic amines is 1. The molecular formula is C32H41ClN4O3. The quantitative estimate of drug-likeness (QED) is 0.343. The number of benzene rings is 2. The summed E-state index contributed by atoms with van der Waals surface area (Å²) in [4.78, 5) is 33.8. The molecule has 1 aromatic heterocycles. The molecule has 4 rings (SSSR count). The molecular weight excluding hydrogens is 524 g/mol. The number of aromatic nitrogens is 1. The second kappa shape index (κ2) is 13.4. The number of hydrogen-bond donors (Lipinski definition) is 2. The van der Waals surface area contributed by atoms with Gasteiger partial charge in [0.2, 0.25) is 0 Å². The monoisotopic (exact) mass is 564 g/mol. The largest absolute Gasteiger partial charge is 0.497 e. The van der Waals surface area contributed by atoms with Crippen LogP contribution in [0.3, 0.4) is 0 Å². The van der Waals surface area contributed by atoms with Crippen LogP contribution in [0.15, 0.2) is 47.3 Å². The number of nitrogens with zero attached hydrogens (tertiary/aromatic N) is 2. The lowest BCUT2D eigenvalue weighted by Gasteiger charge is -2.40. The number of nitrogens with one attached hydrogen (secondary N) is 2. The van der Waals surface area contributed by atoms with E-state index < -0.39 is 0 Å². The molecule has 0 radical (unpaired) electrons. The molecule has 2 N–H and O–H groups in total. The smallest absolute Gasteiger partial charge is 0.251 e. The van der Waals surface area contributed by atoms with Crippen LogP contribution in [0, 0.1) is 20.8 Å². The lowest BCUT2D eigenvalue weighted by atomic mass is 9.98. The Kier molecular flexibility index (Phi) is 9.93. The summed E-state index contributed by atoms with van der Waals surface area (Å²) >= 11 is 6.56. The molecule has 0 saturated carbocycles. The highest BCUT2D eigenvalue weighted by atomic mass is 35.5. The molecule has 0 bridgehead atoms. The summed E-state index contributed by atoms with van der Waals surface area (Å²) in [5.74, 6) is 0.669. The van der Waals surface area contributed by atoms with Crippen LogP contribution in [0.5, 0.6) is 5.75 Å². The van der Waals surface area contributed by atoms with Gasteiger partial charge < -0.3 is 24.8 Å². The van der Waals surface area contributed by atoms with Gasteiger partial charge in [0, 0.05) is 78.1 Å². The number of hydrogen-bond acceptors (Lipinski definition) is 5. The standard InChI is InChI=1S/C32H41ClN4O3/c1-6-37(26-11-14-36(15-12-26)13-10-24-8-7-9-27(17-24)40-5)30-19-25(33)18-28(22(30)3)32(39)34-20-29-23(4)35-21(2)16-31(29)38/h7-9,16-19,26H,6,10-15,20H2,1-5H3,(H,34,39)(H,35,38). The SMILES string of the molecule is CCN(c1cc(Cl)cc(C(=O)NCc2c(C)[nH]c(C)cc2=O)c1C)C1CCN(CCc2cccc(OC)c2)CC1. The highest BCUT2D eigenvalue weighted by Gasteiger charge is 2.26. The molecule has 1 aliphatic heterocycles. The van der Waals surface area contributed by atoms with Crippen molar-refractivity contribution >= 4 is 23.2 Å². The van der Waals surface area contributed by atoms with Crippen molar-refractivity contribution in [2.75, 3.05) is 38.2 Å². The van der Waals surface area contributed by atoms with Crippen LogP contribution in [0.4, 0.5) is 5.69 Å². The molecule has 1 amide bonds. The molecule has 8 heteroatoms. The molecule has 3 aromatic rings. The fourth-order valence-electron chi connectivity index (χ4n) is 5.75. The summed E-state index contributed by atoms with van der Waals surface area (Å²) in [5, 5.41) is 3.47. The van der Waals surface area contributed by atoms with Crippen LogP contribution in [0.2, 0.25) is 5.02 Å². The number of rotatable bonds is 10. The maximum absolute atomic E-state index is 13.3. The van der Waals surface area contributed by atoms with Crippen molar-refractivity contribution in [3.05, 3.63) is 91.4 Å². The van der Waals surface area contributed by atoms with Crippen LogP contribution in [-0.2, 0) is 13.0 Å². The van der Waals surface area contributed by atoms with E-state index in [1.54, 1.807) is 19.2 Å². The Morgan fingerprint density at radius 3 is 2.58 bits per heavy atom. The molecule has 7 nitrogen and oxygen atoms in total. The summed E-state index contributed by atoms with van der Waals surface area (Å²) < 4.78 is 5.36. The Morgan fingerprint density at radius 2 is 1.90 bits per heavy atom. The first-order valence-corrected chi connectivity index (χ1v) is 14.5. The topological polar surface area (TPSA) is 77.7 Å². The van der Waals surface area contributed by atoms with Crippen LogP contribution in [0.25, 0.3) is 0 Å². The number of carbonyl (C=O) groups is 1. The lowest BCUT2D eigenvalue weighted by molar-refractivity contribution is 0.0950. The van der Waals surface area contributed by atoms with Crippen molar-refractivity contribution in [2.24, 2.45) is 0 Å². The minimum Gasteiger partial charge on any atom is -0.497 e. The summed E-state index contributed by atoms with van der Waals surface area (Å²) in [6, 6.07) is 13.9. The molecule has 1 aliphatic rings. The van der Waals surface area contributed by atoms with E-state index in [-0.39, 0.29) is 17.9 Å². The first-order valence-electron chi connectivity index (χ1n) is 14.1. The molecule has 0 atom stereocenters. The number of carbonyl (C=O) groups excluding carboxylic acids is 1. The third kappa shape index (κ3) is 7.07. The maximum Gasteiger partial charge on any atom is 0.251 e. The van der Waals surface area contributed by atoms with Crippen molar-refractivity contribution in [1.82, 2.24) is 15.2 Å². The van der Waals surface area contributed by atoms with Gasteiger partial charge in [-0.3, -0.25) is 9.59 Å². The number of halogens is 1. The number of pyridine rings is 1. The summed E-state index contributed by atoms with van der Waals surface area (Å²) in [5.41, 5.74) is 5.78. The van der Waals surface area contributed by atoms with Crippen molar-refractivity contribution in [3.8, 4) is 5.75 Å². The van der Waals surface area contributed by atoms with Gasteiger partial charge >= 0.3 is 0 Å². The fraction of sp³-hybridized carbons (Fsp3) is 0.438. The van der Waals surface area contributed by atoms with Crippen LogP contribution in [0.1, 0.15) is 58.2 Å². The van der Waals surface area contributed by atoms with Crippen LogP contribution < -0.4 is 20.4 Å². The van der Waals surface area contributed by atoms with Crippen LogP contribution >= 0.6 is 11.6 Å². The van der Waals surface area contributed by atoms with E-state index in [2.05, 4.69) is 39.2 Å². The number of aryl methyl sites for hydroxylation is 2. The number of ether oxygens (including phenoxy) is 1. The second-order valence-electron chi connectivity index (χ2n) is 10.7. The second-order valence-corrected chi connectivity index (χ2v) is 11.1. The zero-order valence-electron chi connectivity index (χ0n) is 24.3. The summed E-state index contributed by atoms with van der Waals surface area (Å²) in [6.45, 7) is 11.9. The van der Waals surface area contributed by atoms with E-state index in [1.807, 2.05) is 39.0 Å². The van der Waals surface area contributed by atoms with Gasteiger partial charge in [-0.15, -0.1) is 0 Å². The number of likely N-dealkylation sites (tertiary alicyclic amines) is 1. The molecule has 0 aliphatic carbocycles. The van der Waals surface area contributed by atoms with Gasteiger partial charge in [0.05, 0.1) is 7.11 Å². The van der Waals surface area contributed by atoms with Gasteiger partial charge in [-0.2, -0.15) is 0 Å². The number of methoxy groups -OCH3 is 1. The fourth-order valence-corrected chi connectivity index (χ4v) is 5.97. The zero-order chi connectivity index (χ0) is 28.8.